The first-order chi connectivity index (χ1) is 36.8. The molecule has 0 amide bonds. The van der Waals surface area contributed by atoms with Crippen molar-refractivity contribution in [2.45, 2.75) is 70.6 Å². The van der Waals surface area contributed by atoms with E-state index >= 15 is 0 Å². The minimum Gasteiger partial charge on any atom is -0.508 e. The monoisotopic (exact) mass is 1020 g/mol. The van der Waals surface area contributed by atoms with Gasteiger partial charge in [-0.05, 0) is 169 Å². The van der Waals surface area contributed by atoms with Crippen LogP contribution >= 0.6 is 0 Å². The summed E-state index contributed by atoms with van der Waals surface area (Å²) in [5.74, 6) is 1.60. The second-order valence-corrected chi connectivity index (χ2v) is 20.9. The van der Waals surface area contributed by atoms with Crippen LogP contribution in [0.2, 0.25) is 0 Å². The van der Waals surface area contributed by atoms with Gasteiger partial charge in [0.2, 0.25) is 0 Å². The summed E-state index contributed by atoms with van der Waals surface area (Å²) in [5, 5.41) is 57.9. The Labute approximate surface area is 454 Å². The third-order valence-corrected chi connectivity index (χ3v) is 15.2. The van der Waals surface area contributed by atoms with Gasteiger partial charge < -0.3 is 30.6 Å². The van der Waals surface area contributed by atoms with Gasteiger partial charge in [0.1, 0.15) is 34.5 Å². The quantitative estimate of drug-likeness (QED) is 0.0718. The van der Waals surface area contributed by atoms with Gasteiger partial charge in [0.25, 0.3) is 0 Å². The van der Waals surface area contributed by atoms with Crippen LogP contribution in [0.3, 0.4) is 0 Å². The van der Waals surface area contributed by atoms with Crippen LogP contribution in [0, 0.1) is 20.8 Å². The predicted molar refractivity (Wildman–Crippen MR) is 313 cm³/mol. The van der Waals surface area contributed by atoms with Crippen molar-refractivity contribution >= 4 is 0 Å². The molecule has 0 aromatic heterocycles. The van der Waals surface area contributed by atoms with Gasteiger partial charge in [-0.2, -0.15) is 0 Å². The van der Waals surface area contributed by atoms with Crippen LogP contribution in [0.25, 0.3) is 0 Å². The number of aromatic hydroxyl groups is 6. The predicted octanol–water partition coefficient (Wildman–Crippen LogP) is 16.4. The normalized spacial score (nSPS) is 11.5. The van der Waals surface area contributed by atoms with Crippen molar-refractivity contribution in [1.82, 2.24) is 0 Å². The summed E-state index contributed by atoms with van der Waals surface area (Å²) in [5.41, 5.74) is 15.4. The standard InChI is InChI=1S/C30H30O2.C21H20O2.C20H18O2/c1-21-5-7-22(8-6-21)29(2,3)23-9-11-24(12-10-23)30(4,25-13-17-27(31)18-14-25)26-15-19-28(32)20-16-26;1-15-3-5-16(6-4-15)21(2,17-7-11-19(22)12-8-17)18-9-13-20(23)14-10-18;1-14-2-4-15(5-3-14)20(16-6-10-18(21)11-7-16)17-8-12-19(22)13-9-17/h5-20,31-32H,1-4H3;3-14,22-23H,1-2H3;2-13,20-22H,1H3. The molecule has 0 spiro atoms. The number of aryl methyl sites for hydroxylation is 3. The van der Waals surface area contributed by atoms with Crippen LogP contribution in [0.15, 0.2) is 243 Å². The summed E-state index contributed by atoms with van der Waals surface area (Å²) < 4.78 is 0. The third kappa shape index (κ3) is 12.4. The Bertz CT molecular complexity index is 3190. The van der Waals surface area contributed by atoms with E-state index in [-0.39, 0.29) is 51.2 Å². The lowest BCUT2D eigenvalue weighted by Crippen LogP contribution is -2.26. The smallest absolute Gasteiger partial charge is 0.115 e. The molecule has 0 heterocycles. The Balaban J connectivity index is 0.000000157. The molecule has 0 fully saturated rings. The zero-order chi connectivity index (χ0) is 54.9. The van der Waals surface area contributed by atoms with Crippen molar-refractivity contribution in [1.29, 1.82) is 0 Å². The highest BCUT2D eigenvalue weighted by Gasteiger charge is 2.33. The van der Waals surface area contributed by atoms with Crippen LogP contribution in [0.1, 0.15) is 112 Å². The van der Waals surface area contributed by atoms with E-state index in [9.17, 15) is 30.6 Å². The molecule has 10 rings (SSSR count). The van der Waals surface area contributed by atoms with Crippen molar-refractivity contribution < 1.29 is 30.6 Å². The Morgan fingerprint density at radius 3 is 0.623 bits per heavy atom. The maximum Gasteiger partial charge on any atom is 0.115 e. The minimum absolute atomic E-state index is 0.0711. The van der Waals surface area contributed by atoms with Gasteiger partial charge in [-0.25, -0.2) is 0 Å². The van der Waals surface area contributed by atoms with Crippen molar-refractivity contribution in [3.05, 3.63) is 321 Å². The van der Waals surface area contributed by atoms with Crippen molar-refractivity contribution in [2.75, 3.05) is 0 Å². The molecule has 0 atom stereocenters. The topological polar surface area (TPSA) is 121 Å². The van der Waals surface area contributed by atoms with E-state index in [4.69, 9.17) is 0 Å². The highest BCUT2D eigenvalue weighted by molar-refractivity contribution is 5.54. The van der Waals surface area contributed by atoms with Crippen LogP contribution in [-0.2, 0) is 16.2 Å². The number of benzene rings is 10. The van der Waals surface area contributed by atoms with Crippen LogP contribution in [0.5, 0.6) is 34.5 Å². The van der Waals surface area contributed by atoms with Gasteiger partial charge in [0.15, 0.2) is 0 Å². The van der Waals surface area contributed by atoms with Crippen molar-refractivity contribution in [2.24, 2.45) is 0 Å². The molecular formula is C71H68O6. The molecule has 77 heavy (non-hydrogen) atoms. The Kier molecular flexibility index (Phi) is 16.4. The summed E-state index contributed by atoms with van der Waals surface area (Å²) in [6.07, 6.45) is 0. The molecule has 0 bridgehead atoms. The maximum atomic E-state index is 9.82. The lowest BCUT2D eigenvalue weighted by Gasteiger charge is -2.33. The molecule has 388 valence electrons. The molecule has 10 aromatic rings. The minimum atomic E-state index is -0.437. The molecule has 10 aromatic carbocycles. The fraction of sp³-hybridized carbons (Fsp3) is 0.155. The van der Waals surface area contributed by atoms with Gasteiger partial charge in [0, 0.05) is 22.2 Å². The van der Waals surface area contributed by atoms with E-state index in [1.165, 1.54) is 38.9 Å². The van der Waals surface area contributed by atoms with Gasteiger partial charge in [-0.1, -0.05) is 200 Å². The first-order valence-electron chi connectivity index (χ1n) is 25.9. The highest BCUT2D eigenvalue weighted by Crippen LogP contribution is 2.43. The molecule has 0 aliphatic heterocycles. The summed E-state index contributed by atoms with van der Waals surface area (Å²) in [6, 6.07) is 78.5. The van der Waals surface area contributed by atoms with Gasteiger partial charge in [-0.15, -0.1) is 0 Å². The molecule has 0 aliphatic rings. The fourth-order valence-electron chi connectivity index (χ4n) is 10.1. The molecule has 6 nitrogen and oxygen atoms in total. The number of rotatable bonds is 11. The largest absolute Gasteiger partial charge is 0.508 e. The third-order valence-electron chi connectivity index (χ3n) is 15.2. The van der Waals surface area contributed by atoms with Crippen LogP contribution in [-0.4, -0.2) is 30.6 Å². The Morgan fingerprint density at radius 2 is 0.377 bits per heavy atom. The summed E-state index contributed by atoms with van der Waals surface area (Å²) in [7, 11) is 0. The lowest BCUT2D eigenvalue weighted by molar-refractivity contribution is 0.473. The average Bonchev–Trinajstić information content (AvgIpc) is 3.45. The van der Waals surface area contributed by atoms with Gasteiger partial charge >= 0.3 is 0 Å². The SMILES string of the molecule is Cc1ccc(C(C)(C)c2ccc(C(C)(c3ccc(O)cc3)c3ccc(O)cc3)cc2)cc1.Cc1ccc(C(C)(c2ccc(O)cc2)c2ccc(O)cc2)cc1.Cc1ccc(C(c2ccc(O)cc2)c2ccc(O)cc2)cc1. The fourth-order valence-corrected chi connectivity index (χ4v) is 10.1. The molecule has 0 saturated heterocycles. The Hall–Kier alpha value is -9.00. The van der Waals surface area contributed by atoms with Crippen LogP contribution in [0.4, 0.5) is 0 Å². The molecule has 0 radical (unpaired) electrons. The number of hydrogen-bond acceptors (Lipinski definition) is 6. The average molecular weight is 1020 g/mol. The number of phenolic OH excluding ortho intramolecular Hbond substituents is 6. The lowest BCUT2D eigenvalue weighted by atomic mass is 9.70. The van der Waals surface area contributed by atoms with Gasteiger partial charge in [-0.3, -0.25) is 0 Å². The summed E-state index contributed by atoms with van der Waals surface area (Å²) in [6.45, 7) is 15.1. The molecular weight excluding hydrogens is 949 g/mol. The number of phenols is 6. The first-order valence-corrected chi connectivity index (χ1v) is 25.9. The highest BCUT2D eigenvalue weighted by atomic mass is 16.3. The number of hydrogen-bond donors (Lipinski definition) is 6. The molecule has 0 unspecified atom stereocenters. The second-order valence-electron chi connectivity index (χ2n) is 20.9. The van der Waals surface area contributed by atoms with E-state index in [2.05, 4.69) is 146 Å². The van der Waals surface area contributed by atoms with Gasteiger partial charge in [0.05, 0.1) is 0 Å². The van der Waals surface area contributed by atoms with E-state index in [0.717, 1.165) is 38.9 Å². The molecule has 6 N–H and O–H groups in total. The molecule has 0 aliphatic carbocycles. The second kappa shape index (κ2) is 23.3. The van der Waals surface area contributed by atoms with E-state index in [0.29, 0.717) is 0 Å². The molecule has 6 heteroatoms. The summed E-state index contributed by atoms with van der Waals surface area (Å²) in [4.78, 5) is 0. The van der Waals surface area contributed by atoms with Crippen molar-refractivity contribution in [3.8, 4) is 34.5 Å². The first kappa shape index (κ1) is 54.3. The molecule has 0 saturated carbocycles. The summed E-state index contributed by atoms with van der Waals surface area (Å²) >= 11 is 0. The van der Waals surface area contributed by atoms with E-state index in [1.54, 1.807) is 72.8 Å². The maximum absolute atomic E-state index is 9.82. The zero-order valence-electron chi connectivity index (χ0n) is 44.9. The van der Waals surface area contributed by atoms with Crippen molar-refractivity contribution in [3.63, 3.8) is 0 Å². The zero-order valence-corrected chi connectivity index (χ0v) is 44.9. The van der Waals surface area contributed by atoms with Crippen LogP contribution < -0.4 is 0 Å². The Morgan fingerprint density at radius 1 is 0.221 bits per heavy atom. The van der Waals surface area contributed by atoms with E-state index in [1.807, 2.05) is 72.8 Å². The van der Waals surface area contributed by atoms with E-state index < -0.39 is 5.41 Å².